The van der Waals surface area contributed by atoms with Crippen molar-refractivity contribution < 1.29 is 4.79 Å². The lowest BCUT2D eigenvalue weighted by Crippen LogP contribution is -2.30. The van der Waals surface area contributed by atoms with Crippen LogP contribution in [0.2, 0.25) is 0 Å². The predicted molar refractivity (Wildman–Crippen MR) is 80.3 cm³/mol. The SMILES string of the molecule is Cc1nn(CC(=O)NCCC2CCCCC2)c(C)c1N. The molecule has 1 aromatic heterocycles. The number of rotatable bonds is 5. The molecule has 1 fully saturated rings. The Balaban J connectivity index is 1.73. The highest BCUT2D eigenvalue weighted by atomic mass is 16.2. The van der Waals surface area contributed by atoms with Gasteiger partial charge in [0.05, 0.1) is 17.1 Å². The molecule has 1 aliphatic rings. The summed E-state index contributed by atoms with van der Waals surface area (Å²) >= 11 is 0. The number of hydrogen-bond donors (Lipinski definition) is 2. The molecule has 1 aliphatic carbocycles. The highest BCUT2D eigenvalue weighted by Gasteiger charge is 2.14. The minimum absolute atomic E-state index is 0.0198. The summed E-state index contributed by atoms with van der Waals surface area (Å²) in [6.45, 7) is 4.79. The van der Waals surface area contributed by atoms with Crippen LogP contribution in [0.5, 0.6) is 0 Å². The van der Waals surface area contributed by atoms with Crippen molar-refractivity contribution in [1.82, 2.24) is 15.1 Å². The van der Waals surface area contributed by atoms with E-state index in [1.807, 2.05) is 13.8 Å². The van der Waals surface area contributed by atoms with Gasteiger partial charge in [-0.3, -0.25) is 9.48 Å². The van der Waals surface area contributed by atoms with Crippen molar-refractivity contribution in [1.29, 1.82) is 0 Å². The summed E-state index contributed by atoms with van der Waals surface area (Å²) in [6, 6.07) is 0. The Bertz CT molecular complexity index is 461. The van der Waals surface area contributed by atoms with Gasteiger partial charge < -0.3 is 11.1 Å². The molecule has 0 bridgehead atoms. The first-order valence-electron chi connectivity index (χ1n) is 7.64. The summed E-state index contributed by atoms with van der Waals surface area (Å²) in [5.74, 6) is 0.819. The number of nitrogens with one attached hydrogen (secondary N) is 1. The van der Waals surface area contributed by atoms with Gasteiger partial charge in [0.1, 0.15) is 6.54 Å². The minimum atomic E-state index is 0.0198. The number of aryl methyl sites for hydroxylation is 1. The van der Waals surface area contributed by atoms with Gasteiger partial charge in [0.25, 0.3) is 0 Å². The van der Waals surface area contributed by atoms with E-state index in [0.29, 0.717) is 5.69 Å². The van der Waals surface area contributed by atoms with Crippen LogP contribution in [-0.4, -0.2) is 22.2 Å². The van der Waals surface area contributed by atoms with Crippen LogP contribution in [-0.2, 0) is 11.3 Å². The zero-order valence-electron chi connectivity index (χ0n) is 12.6. The molecule has 0 saturated heterocycles. The van der Waals surface area contributed by atoms with Crippen LogP contribution in [0.4, 0.5) is 5.69 Å². The molecule has 20 heavy (non-hydrogen) atoms. The third kappa shape index (κ3) is 3.74. The van der Waals surface area contributed by atoms with Gasteiger partial charge in [-0.1, -0.05) is 32.1 Å². The number of nitrogens with zero attached hydrogens (tertiary/aromatic N) is 2. The van der Waals surface area contributed by atoms with Crippen molar-refractivity contribution in [2.75, 3.05) is 12.3 Å². The first-order valence-corrected chi connectivity index (χ1v) is 7.64. The fourth-order valence-electron chi connectivity index (χ4n) is 2.95. The zero-order valence-corrected chi connectivity index (χ0v) is 12.6. The molecule has 5 heteroatoms. The molecule has 0 unspecified atom stereocenters. The molecule has 0 radical (unpaired) electrons. The molecule has 5 nitrogen and oxygen atoms in total. The highest BCUT2D eigenvalue weighted by Crippen LogP contribution is 2.25. The maximum absolute atomic E-state index is 11.9. The van der Waals surface area contributed by atoms with Crippen molar-refractivity contribution in [2.24, 2.45) is 5.92 Å². The van der Waals surface area contributed by atoms with Gasteiger partial charge in [-0.2, -0.15) is 5.10 Å². The summed E-state index contributed by atoms with van der Waals surface area (Å²) in [4.78, 5) is 11.9. The zero-order chi connectivity index (χ0) is 14.5. The highest BCUT2D eigenvalue weighted by molar-refractivity contribution is 5.75. The minimum Gasteiger partial charge on any atom is -0.396 e. The van der Waals surface area contributed by atoms with Crippen LogP contribution in [0, 0.1) is 19.8 Å². The smallest absolute Gasteiger partial charge is 0.241 e. The van der Waals surface area contributed by atoms with Crippen LogP contribution in [0.1, 0.15) is 49.9 Å². The number of carbonyl (C=O) groups excluding carboxylic acids is 1. The van der Waals surface area contributed by atoms with Crippen LogP contribution >= 0.6 is 0 Å². The molecule has 0 aliphatic heterocycles. The van der Waals surface area contributed by atoms with E-state index in [2.05, 4.69) is 10.4 Å². The van der Waals surface area contributed by atoms with Gasteiger partial charge in [-0.05, 0) is 26.2 Å². The lowest BCUT2D eigenvalue weighted by atomic mass is 9.87. The van der Waals surface area contributed by atoms with E-state index < -0.39 is 0 Å². The lowest BCUT2D eigenvalue weighted by Gasteiger charge is -2.21. The second kappa shape index (κ2) is 6.77. The van der Waals surface area contributed by atoms with Crippen LogP contribution in [0.3, 0.4) is 0 Å². The van der Waals surface area contributed by atoms with E-state index in [1.165, 1.54) is 32.1 Å². The van der Waals surface area contributed by atoms with Crippen molar-refractivity contribution in [3.05, 3.63) is 11.4 Å². The maximum Gasteiger partial charge on any atom is 0.241 e. The van der Waals surface area contributed by atoms with Crippen molar-refractivity contribution in [2.45, 2.75) is 58.9 Å². The number of carbonyl (C=O) groups is 1. The summed E-state index contributed by atoms with van der Waals surface area (Å²) in [5.41, 5.74) is 8.20. The molecule has 112 valence electrons. The quantitative estimate of drug-likeness (QED) is 0.867. The van der Waals surface area contributed by atoms with E-state index in [9.17, 15) is 4.79 Å². The second-order valence-corrected chi connectivity index (χ2v) is 5.88. The van der Waals surface area contributed by atoms with Crippen molar-refractivity contribution >= 4 is 11.6 Å². The van der Waals surface area contributed by atoms with E-state index >= 15 is 0 Å². The van der Waals surface area contributed by atoms with Crippen LogP contribution < -0.4 is 11.1 Å². The summed E-state index contributed by atoms with van der Waals surface area (Å²) < 4.78 is 1.68. The first kappa shape index (κ1) is 14.9. The van der Waals surface area contributed by atoms with Gasteiger partial charge >= 0.3 is 0 Å². The van der Waals surface area contributed by atoms with Gasteiger partial charge in [0.2, 0.25) is 5.91 Å². The molecular formula is C15H26N4O. The normalized spacial score (nSPS) is 16.3. The lowest BCUT2D eigenvalue weighted by molar-refractivity contribution is -0.121. The van der Waals surface area contributed by atoms with Crippen molar-refractivity contribution in [3.8, 4) is 0 Å². The topological polar surface area (TPSA) is 72.9 Å². The molecular weight excluding hydrogens is 252 g/mol. The molecule has 1 aromatic rings. The van der Waals surface area contributed by atoms with Crippen molar-refractivity contribution in [3.63, 3.8) is 0 Å². The number of aromatic nitrogens is 2. The molecule has 0 spiro atoms. The molecule has 3 N–H and O–H groups in total. The van der Waals surface area contributed by atoms with E-state index in [-0.39, 0.29) is 12.5 Å². The second-order valence-electron chi connectivity index (χ2n) is 5.88. The summed E-state index contributed by atoms with van der Waals surface area (Å²) in [7, 11) is 0. The number of hydrogen-bond acceptors (Lipinski definition) is 3. The number of nitrogens with two attached hydrogens (primary N) is 1. The van der Waals surface area contributed by atoms with E-state index in [0.717, 1.165) is 30.3 Å². The fourth-order valence-corrected chi connectivity index (χ4v) is 2.95. The molecule has 1 amide bonds. The first-order chi connectivity index (χ1) is 9.58. The van der Waals surface area contributed by atoms with Gasteiger partial charge in [0.15, 0.2) is 0 Å². The van der Waals surface area contributed by atoms with Gasteiger partial charge in [-0.25, -0.2) is 0 Å². The average molecular weight is 278 g/mol. The van der Waals surface area contributed by atoms with E-state index in [4.69, 9.17) is 5.73 Å². The molecule has 2 rings (SSSR count). The van der Waals surface area contributed by atoms with Crippen LogP contribution in [0.25, 0.3) is 0 Å². The molecule has 1 heterocycles. The Hall–Kier alpha value is -1.52. The Kier molecular flexibility index (Phi) is 5.04. The number of nitrogen functional groups attached to an aromatic ring is 1. The standard InChI is InChI=1S/C15H26N4O/c1-11-15(16)12(2)19(18-11)10-14(20)17-9-8-13-6-4-3-5-7-13/h13H,3-10,16H2,1-2H3,(H,17,20). The maximum atomic E-state index is 11.9. The average Bonchev–Trinajstić information content (AvgIpc) is 2.67. The summed E-state index contributed by atoms with van der Waals surface area (Å²) in [5, 5.41) is 7.27. The Morgan fingerprint density at radius 3 is 2.65 bits per heavy atom. The number of anilines is 1. The molecule has 1 saturated carbocycles. The Morgan fingerprint density at radius 1 is 1.35 bits per heavy atom. The summed E-state index contributed by atoms with van der Waals surface area (Å²) in [6.07, 6.45) is 7.83. The molecule has 0 aromatic carbocycles. The van der Waals surface area contributed by atoms with Gasteiger partial charge in [-0.15, -0.1) is 0 Å². The predicted octanol–water partition coefficient (Wildman–Crippen LogP) is 2.17. The van der Waals surface area contributed by atoms with Crippen LogP contribution in [0.15, 0.2) is 0 Å². The monoisotopic (exact) mass is 278 g/mol. The van der Waals surface area contributed by atoms with E-state index in [1.54, 1.807) is 4.68 Å². The number of amides is 1. The third-order valence-corrected chi connectivity index (χ3v) is 4.33. The third-order valence-electron chi connectivity index (χ3n) is 4.33. The Labute approximate surface area is 120 Å². The fraction of sp³-hybridized carbons (Fsp3) is 0.733. The largest absolute Gasteiger partial charge is 0.396 e. The Morgan fingerprint density at radius 2 is 2.05 bits per heavy atom. The van der Waals surface area contributed by atoms with Gasteiger partial charge in [0, 0.05) is 6.54 Å². The molecule has 0 atom stereocenters.